The first-order valence-electron chi connectivity index (χ1n) is 9.01. The molecular weight excluding hydrogens is 347 g/mol. The van der Waals surface area contributed by atoms with Crippen LogP contribution in [0.2, 0.25) is 0 Å². The smallest absolute Gasteiger partial charge is 0.329 e. The molecule has 0 unspecified atom stereocenters. The van der Waals surface area contributed by atoms with Crippen LogP contribution in [0.15, 0.2) is 78.9 Å². The minimum Gasteiger partial charge on any atom is -0.329 e. The Kier molecular flexibility index (Phi) is 4.42. The minimum atomic E-state index is -4.33. The van der Waals surface area contributed by atoms with Crippen molar-refractivity contribution in [2.75, 3.05) is 4.90 Å². The molecule has 0 saturated carbocycles. The van der Waals surface area contributed by atoms with Gasteiger partial charge in [0.05, 0.1) is 0 Å². The first kappa shape index (κ1) is 17.7. The molecule has 0 saturated heterocycles. The summed E-state index contributed by atoms with van der Waals surface area (Å²) in [5.74, 6) is -0.284. The molecule has 0 aliphatic carbocycles. The number of aryl methyl sites for hydroxylation is 1. The van der Waals surface area contributed by atoms with Gasteiger partial charge in [-0.05, 0) is 42.7 Å². The standard InChI is InChI=1S/C23H20F3N/c1-16-11-13-17(14-12-16)20-15-22(23(24,25)26)27(18-7-3-2-4-8-18)21-10-6-5-9-19(20)21/h2-14,20,22H,15H2,1H3/t20-,22-/m1/s1. The Labute approximate surface area is 157 Å². The zero-order valence-electron chi connectivity index (χ0n) is 14.9. The molecule has 0 amide bonds. The molecule has 0 fully saturated rings. The summed E-state index contributed by atoms with van der Waals surface area (Å²) < 4.78 is 42.2. The Morgan fingerprint density at radius 1 is 0.815 bits per heavy atom. The van der Waals surface area contributed by atoms with E-state index in [1.54, 1.807) is 36.4 Å². The van der Waals surface area contributed by atoms with E-state index in [-0.39, 0.29) is 12.3 Å². The Morgan fingerprint density at radius 3 is 2.11 bits per heavy atom. The number of rotatable bonds is 2. The van der Waals surface area contributed by atoms with Crippen LogP contribution in [0.5, 0.6) is 0 Å². The average molecular weight is 367 g/mol. The molecule has 0 radical (unpaired) electrons. The normalized spacial score (nSPS) is 19.6. The fraction of sp³-hybridized carbons (Fsp3) is 0.217. The van der Waals surface area contributed by atoms with Crippen LogP contribution in [0, 0.1) is 6.92 Å². The maximum absolute atomic E-state index is 14.1. The van der Waals surface area contributed by atoms with Gasteiger partial charge in [0, 0.05) is 17.3 Å². The highest BCUT2D eigenvalue weighted by atomic mass is 19.4. The number of anilines is 2. The summed E-state index contributed by atoms with van der Waals surface area (Å²) in [6.07, 6.45) is -4.33. The lowest BCUT2D eigenvalue weighted by molar-refractivity contribution is -0.149. The number of nitrogens with zero attached hydrogens (tertiary/aromatic N) is 1. The Balaban J connectivity index is 1.89. The SMILES string of the molecule is Cc1ccc([C@H]2C[C@H](C(F)(F)F)N(c3ccccc3)c3ccccc32)cc1. The number of hydrogen-bond acceptors (Lipinski definition) is 1. The van der Waals surface area contributed by atoms with E-state index in [4.69, 9.17) is 0 Å². The van der Waals surface area contributed by atoms with Crippen molar-refractivity contribution >= 4 is 11.4 Å². The third-order valence-electron chi connectivity index (χ3n) is 5.23. The number of alkyl halides is 3. The number of halogens is 3. The van der Waals surface area contributed by atoms with E-state index in [1.165, 1.54) is 4.90 Å². The van der Waals surface area contributed by atoms with E-state index in [0.29, 0.717) is 11.4 Å². The van der Waals surface area contributed by atoms with Gasteiger partial charge in [0.1, 0.15) is 6.04 Å². The molecule has 2 atom stereocenters. The maximum atomic E-state index is 14.1. The highest BCUT2D eigenvalue weighted by molar-refractivity contribution is 5.71. The second-order valence-electron chi connectivity index (χ2n) is 7.02. The van der Waals surface area contributed by atoms with Crippen molar-refractivity contribution < 1.29 is 13.2 Å². The molecule has 4 heteroatoms. The summed E-state index contributed by atoms with van der Waals surface area (Å²) in [7, 11) is 0. The minimum absolute atomic E-state index is 0.00152. The molecule has 0 N–H and O–H groups in total. The predicted molar refractivity (Wildman–Crippen MR) is 103 cm³/mol. The van der Waals surface area contributed by atoms with Crippen LogP contribution < -0.4 is 4.90 Å². The highest BCUT2D eigenvalue weighted by Gasteiger charge is 2.49. The fourth-order valence-corrected chi connectivity index (χ4v) is 3.93. The van der Waals surface area contributed by atoms with Gasteiger partial charge >= 0.3 is 6.18 Å². The zero-order valence-corrected chi connectivity index (χ0v) is 14.9. The van der Waals surface area contributed by atoms with Gasteiger partial charge in [0.2, 0.25) is 0 Å². The third kappa shape index (κ3) is 3.32. The molecule has 0 bridgehead atoms. The van der Waals surface area contributed by atoms with Gasteiger partial charge in [-0.3, -0.25) is 0 Å². The molecule has 1 heterocycles. The highest BCUT2D eigenvalue weighted by Crippen LogP contribution is 2.49. The monoisotopic (exact) mass is 367 g/mol. The molecule has 138 valence electrons. The molecule has 3 aromatic carbocycles. The van der Waals surface area contributed by atoms with Gasteiger partial charge < -0.3 is 4.90 Å². The lowest BCUT2D eigenvalue weighted by atomic mass is 9.80. The van der Waals surface area contributed by atoms with Crippen LogP contribution in [-0.4, -0.2) is 12.2 Å². The quantitative estimate of drug-likeness (QED) is 0.493. The Morgan fingerprint density at radius 2 is 1.44 bits per heavy atom. The van der Waals surface area contributed by atoms with Crippen molar-refractivity contribution in [3.8, 4) is 0 Å². The molecule has 1 nitrogen and oxygen atoms in total. The average Bonchev–Trinajstić information content (AvgIpc) is 2.67. The molecule has 4 rings (SSSR count). The van der Waals surface area contributed by atoms with E-state index in [2.05, 4.69) is 0 Å². The van der Waals surface area contributed by atoms with E-state index in [1.807, 2.05) is 49.4 Å². The maximum Gasteiger partial charge on any atom is 0.409 e. The Bertz CT molecular complexity index is 916. The number of benzene rings is 3. The number of fused-ring (bicyclic) bond motifs is 1. The molecular formula is C23H20F3N. The van der Waals surface area contributed by atoms with Crippen LogP contribution in [0.4, 0.5) is 24.5 Å². The van der Waals surface area contributed by atoms with Crippen molar-refractivity contribution in [1.82, 2.24) is 0 Å². The molecule has 1 aliphatic rings. The van der Waals surface area contributed by atoms with Crippen LogP contribution in [0.25, 0.3) is 0 Å². The van der Waals surface area contributed by atoms with Crippen LogP contribution in [0.3, 0.4) is 0 Å². The van der Waals surface area contributed by atoms with Crippen LogP contribution in [-0.2, 0) is 0 Å². The van der Waals surface area contributed by atoms with Crippen molar-refractivity contribution in [2.24, 2.45) is 0 Å². The summed E-state index contributed by atoms with van der Waals surface area (Å²) >= 11 is 0. The lowest BCUT2D eigenvalue weighted by Crippen LogP contribution is -2.47. The van der Waals surface area contributed by atoms with Gasteiger partial charge in [-0.15, -0.1) is 0 Å². The first-order valence-corrected chi connectivity index (χ1v) is 9.01. The van der Waals surface area contributed by atoms with Gasteiger partial charge in [-0.2, -0.15) is 13.2 Å². The molecule has 0 aromatic heterocycles. The van der Waals surface area contributed by atoms with E-state index < -0.39 is 12.2 Å². The number of hydrogen-bond donors (Lipinski definition) is 0. The van der Waals surface area contributed by atoms with Crippen molar-refractivity contribution in [3.05, 3.63) is 95.6 Å². The van der Waals surface area contributed by atoms with Crippen molar-refractivity contribution in [1.29, 1.82) is 0 Å². The second kappa shape index (κ2) is 6.76. The molecule has 1 aliphatic heterocycles. The summed E-state index contributed by atoms with van der Waals surface area (Å²) in [5.41, 5.74) is 4.15. The van der Waals surface area contributed by atoms with E-state index >= 15 is 0 Å². The lowest BCUT2D eigenvalue weighted by Gasteiger charge is -2.43. The van der Waals surface area contributed by atoms with Gasteiger partial charge in [-0.25, -0.2) is 0 Å². The van der Waals surface area contributed by atoms with Gasteiger partial charge in [-0.1, -0.05) is 66.2 Å². The largest absolute Gasteiger partial charge is 0.409 e. The second-order valence-corrected chi connectivity index (χ2v) is 7.02. The van der Waals surface area contributed by atoms with E-state index in [0.717, 1.165) is 16.7 Å². The summed E-state index contributed by atoms with van der Waals surface area (Å²) in [6.45, 7) is 1.98. The zero-order chi connectivity index (χ0) is 19.0. The number of para-hydroxylation sites is 2. The molecule has 3 aromatic rings. The first-order chi connectivity index (χ1) is 12.9. The summed E-state index contributed by atoms with van der Waals surface area (Å²) in [5, 5.41) is 0. The van der Waals surface area contributed by atoms with E-state index in [9.17, 15) is 13.2 Å². The van der Waals surface area contributed by atoms with Gasteiger partial charge in [0.25, 0.3) is 0 Å². The fourth-order valence-electron chi connectivity index (χ4n) is 3.93. The third-order valence-corrected chi connectivity index (χ3v) is 5.23. The summed E-state index contributed by atoms with van der Waals surface area (Å²) in [4.78, 5) is 1.44. The van der Waals surface area contributed by atoms with Crippen molar-refractivity contribution in [2.45, 2.75) is 31.5 Å². The topological polar surface area (TPSA) is 3.24 Å². The predicted octanol–water partition coefficient (Wildman–Crippen LogP) is 6.60. The Hall–Kier alpha value is -2.75. The van der Waals surface area contributed by atoms with Gasteiger partial charge in [0.15, 0.2) is 0 Å². The van der Waals surface area contributed by atoms with Crippen LogP contribution in [0.1, 0.15) is 29.0 Å². The molecule has 0 spiro atoms. The summed E-state index contributed by atoms with van der Waals surface area (Å²) in [6, 6.07) is 22.5. The van der Waals surface area contributed by atoms with Crippen LogP contribution >= 0.6 is 0 Å². The van der Waals surface area contributed by atoms with Crippen molar-refractivity contribution in [3.63, 3.8) is 0 Å². The molecule has 27 heavy (non-hydrogen) atoms.